The Hall–Kier alpha value is -1.24. The number of halogens is 1. The number of ether oxygens (including phenoxy) is 1. The maximum atomic E-state index is 8.92. The quantitative estimate of drug-likeness (QED) is 0.914. The van der Waals surface area contributed by atoms with Crippen LogP contribution in [-0.2, 0) is 0 Å². The van der Waals surface area contributed by atoms with Crippen LogP contribution in [0.5, 0.6) is 5.75 Å². The molecule has 1 fully saturated rings. The van der Waals surface area contributed by atoms with Gasteiger partial charge in [-0.15, -0.1) is 0 Å². The Bertz CT molecular complexity index is 559. The molecule has 2 rings (SSSR count). The summed E-state index contributed by atoms with van der Waals surface area (Å²) in [6, 6.07) is 7.73. The molecule has 114 valence electrons. The second kappa shape index (κ2) is 5.51. The molecule has 0 unspecified atom stereocenters. The molecule has 21 heavy (non-hydrogen) atoms. The third-order valence-corrected chi connectivity index (χ3v) is 4.88. The van der Waals surface area contributed by atoms with Crippen LogP contribution in [0.15, 0.2) is 18.2 Å². The zero-order valence-electron chi connectivity index (χ0n) is 13.3. The van der Waals surface area contributed by atoms with E-state index in [4.69, 9.17) is 21.6 Å². The van der Waals surface area contributed by atoms with E-state index in [1.807, 2.05) is 6.07 Å². The van der Waals surface area contributed by atoms with Gasteiger partial charge in [-0.2, -0.15) is 5.26 Å². The van der Waals surface area contributed by atoms with E-state index in [0.29, 0.717) is 16.6 Å². The van der Waals surface area contributed by atoms with Crippen molar-refractivity contribution in [2.75, 3.05) is 6.54 Å². The van der Waals surface area contributed by atoms with E-state index in [1.54, 1.807) is 12.1 Å². The fourth-order valence-electron chi connectivity index (χ4n) is 3.95. The number of benzene rings is 1. The molecule has 0 atom stereocenters. The summed E-state index contributed by atoms with van der Waals surface area (Å²) in [5, 5.41) is 12.9. The Labute approximate surface area is 132 Å². The number of nitriles is 1. The van der Waals surface area contributed by atoms with E-state index in [9.17, 15) is 0 Å². The average molecular weight is 307 g/mol. The first kappa shape index (κ1) is 16.1. The Morgan fingerprint density at radius 1 is 1.29 bits per heavy atom. The third kappa shape index (κ3) is 2.63. The van der Waals surface area contributed by atoms with Gasteiger partial charge >= 0.3 is 0 Å². The Morgan fingerprint density at radius 2 is 1.90 bits per heavy atom. The summed E-state index contributed by atoms with van der Waals surface area (Å²) in [4.78, 5) is 0. The molecule has 1 aliphatic rings. The molecule has 0 bridgehead atoms. The van der Waals surface area contributed by atoms with Gasteiger partial charge in [-0.05, 0) is 18.7 Å². The topological polar surface area (TPSA) is 45.0 Å². The Balaban J connectivity index is 2.20. The minimum atomic E-state index is 0.0416. The van der Waals surface area contributed by atoms with Gasteiger partial charge < -0.3 is 10.1 Å². The molecule has 0 saturated heterocycles. The maximum absolute atomic E-state index is 8.92. The molecule has 0 aliphatic heterocycles. The highest BCUT2D eigenvalue weighted by molar-refractivity contribution is 6.31. The highest BCUT2D eigenvalue weighted by Crippen LogP contribution is 2.55. The van der Waals surface area contributed by atoms with E-state index in [2.05, 4.69) is 46.0 Å². The fourth-order valence-corrected chi connectivity index (χ4v) is 4.17. The summed E-state index contributed by atoms with van der Waals surface area (Å²) in [6.07, 6.45) is 0.0954. The zero-order chi connectivity index (χ0) is 15.8. The predicted molar refractivity (Wildman–Crippen MR) is 85.6 cm³/mol. The normalized spacial score (nSPS) is 25.8. The van der Waals surface area contributed by atoms with Gasteiger partial charge in [-0.25, -0.2) is 0 Å². The second-order valence-corrected chi connectivity index (χ2v) is 7.29. The van der Waals surface area contributed by atoms with Gasteiger partial charge in [-0.1, -0.05) is 46.2 Å². The van der Waals surface area contributed by atoms with Crippen LogP contribution in [0.3, 0.4) is 0 Å². The first-order valence-corrected chi connectivity index (χ1v) is 7.72. The summed E-state index contributed by atoms with van der Waals surface area (Å²) >= 11 is 6.08. The number of nitrogens with zero attached hydrogens (tertiary/aromatic N) is 1. The number of rotatable bonds is 4. The van der Waals surface area contributed by atoms with Crippen LogP contribution in [0.25, 0.3) is 0 Å². The van der Waals surface area contributed by atoms with Crippen LogP contribution >= 0.6 is 11.6 Å². The molecule has 1 aromatic rings. The van der Waals surface area contributed by atoms with Gasteiger partial charge in [0.1, 0.15) is 17.9 Å². The van der Waals surface area contributed by atoms with E-state index in [-0.39, 0.29) is 16.9 Å². The largest absolute Gasteiger partial charge is 0.489 e. The predicted octanol–water partition coefficient (Wildman–Crippen LogP) is 4.00. The second-order valence-electron chi connectivity index (χ2n) is 6.88. The van der Waals surface area contributed by atoms with E-state index in [1.165, 1.54) is 0 Å². The standard InChI is InChI=1S/C17H23ClN2O/c1-6-20-14-16(2,3)15(17(14,4)5)21-12-8-7-11(10-19)13(18)9-12/h7-9,14-15,20H,6H2,1-5H3/t14-,15+. The number of nitrogens with one attached hydrogen (secondary N) is 1. The summed E-state index contributed by atoms with van der Waals surface area (Å²) in [5.74, 6) is 0.722. The lowest BCUT2D eigenvalue weighted by atomic mass is 9.49. The van der Waals surface area contributed by atoms with Gasteiger partial charge in [0.2, 0.25) is 0 Å². The molecular formula is C17H23ClN2O. The van der Waals surface area contributed by atoms with Crippen molar-refractivity contribution in [1.82, 2.24) is 5.32 Å². The fraction of sp³-hybridized carbons (Fsp3) is 0.588. The third-order valence-electron chi connectivity index (χ3n) is 4.56. The number of hydrogen-bond acceptors (Lipinski definition) is 3. The molecule has 1 aromatic carbocycles. The summed E-state index contributed by atoms with van der Waals surface area (Å²) in [7, 11) is 0. The minimum absolute atomic E-state index is 0.0416. The molecule has 3 nitrogen and oxygen atoms in total. The summed E-state index contributed by atoms with van der Waals surface area (Å²) < 4.78 is 6.20. The highest BCUT2D eigenvalue weighted by Gasteiger charge is 2.63. The highest BCUT2D eigenvalue weighted by atomic mass is 35.5. The summed E-state index contributed by atoms with van der Waals surface area (Å²) in [6.45, 7) is 12.0. The lowest BCUT2D eigenvalue weighted by Crippen LogP contribution is -2.74. The van der Waals surface area contributed by atoms with Gasteiger partial charge in [-0.3, -0.25) is 0 Å². The molecular weight excluding hydrogens is 284 g/mol. The van der Waals surface area contributed by atoms with E-state index < -0.39 is 0 Å². The lowest BCUT2D eigenvalue weighted by Gasteiger charge is -2.63. The maximum Gasteiger partial charge on any atom is 0.121 e. The smallest absolute Gasteiger partial charge is 0.121 e. The molecule has 4 heteroatoms. The van der Waals surface area contributed by atoms with Gasteiger partial charge in [0.05, 0.1) is 10.6 Å². The van der Waals surface area contributed by atoms with Crippen molar-refractivity contribution in [1.29, 1.82) is 5.26 Å². The molecule has 0 radical (unpaired) electrons. The molecule has 0 heterocycles. The van der Waals surface area contributed by atoms with Crippen molar-refractivity contribution in [3.8, 4) is 11.8 Å². The van der Waals surface area contributed by atoms with Crippen molar-refractivity contribution in [2.45, 2.75) is 46.8 Å². The Morgan fingerprint density at radius 3 is 2.38 bits per heavy atom. The van der Waals surface area contributed by atoms with Crippen LogP contribution in [0.2, 0.25) is 5.02 Å². The minimum Gasteiger partial charge on any atom is -0.489 e. The zero-order valence-corrected chi connectivity index (χ0v) is 14.1. The van der Waals surface area contributed by atoms with E-state index >= 15 is 0 Å². The van der Waals surface area contributed by atoms with Crippen molar-refractivity contribution in [3.63, 3.8) is 0 Å². The molecule has 0 spiro atoms. The molecule has 1 aliphatic carbocycles. The average Bonchev–Trinajstić information content (AvgIpc) is 2.41. The van der Waals surface area contributed by atoms with Gasteiger partial charge in [0.15, 0.2) is 0 Å². The van der Waals surface area contributed by atoms with Gasteiger partial charge in [0.25, 0.3) is 0 Å². The van der Waals surface area contributed by atoms with E-state index in [0.717, 1.165) is 12.3 Å². The van der Waals surface area contributed by atoms with Crippen LogP contribution in [0.4, 0.5) is 0 Å². The lowest BCUT2D eigenvalue weighted by molar-refractivity contribution is -0.167. The first-order chi connectivity index (χ1) is 9.75. The van der Waals surface area contributed by atoms with Gasteiger partial charge in [0, 0.05) is 22.9 Å². The van der Waals surface area contributed by atoms with Crippen LogP contribution in [0.1, 0.15) is 40.2 Å². The van der Waals surface area contributed by atoms with Crippen LogP contribution < -0.4 is 10.1 Å². The van der Waals surface area contributed by atoms with Crippen molar-refractivity contribution >= 4 is 11.6 Å². The molecule has 1 N–H and O–H groups in total. The van der Waals surface area contributed by atoms with Crippen molar-refractivity contribution in [2.24, 2.45) is 10.8 Å². The Kier molecular flexibility index (Phi) is 4.24. The van der Waals surface area contributed by atoms with Crippen molar-refractivity contribution < 1.29 is 4.74 Å². The monoisotopic (exact) mass is 306 g/mol. The molecule has 0 aromatic heterocycles. The SMILES string of the molecule is CCN[C@H]1C(C)(C)[C@@H](Oc2ccc(C#N)c(Cl)c2)C1(C)C. The van der Waals surface area contributed by atoms with Crippen LogP contribution in [-0.4, -0.2) is 18.7 Å². The number of hydrogen-bond donors (Lipinski definition) is 1. The first-order valence-electron chi connectivity index (χ1n) is 7.34. The van der Waals surface area contributed by atoms with Crippen molar-refractivity contribution in [3.05, 3.63) is 28.8 Å². The molecule has 0 amide bonds. The summed E-state index contributed by atoms with van der Waals surface area (Å²) in [5.41, 5.74) is 0.557. The molecule has 1 saturated carbocycles. The van der Waals surface area contributed by atoms with Crippen LogP contribution in [0, 0.1) is 22.2 Å².